The lowest BCUT2D eigenvalue weighted by Gasteiger charge is -2.18. The van der Waals surface area contributed by atoms with Gasteiger partial charge in [0.25, 0.3) is 0 Å². The second-order valence-electron chi connectivity index (χ2n) is 10.0. The number of nitriles is 1. The van der Waals surface area contributed by atoms with Gasteiger partial charge in [0.15, 0.2) is 0 Å². The summed E-state index contributed by atoms with van der Waals surface area (Å²) in [7, 11) is 0. The largest absolute Gasteiger partial charge is 0.342 e. The van der Waals surface area contributed by atoms with Crippen LogP contribution in [0.4, 0.5) is 0 Å². The Labute approximate surface area is 205 Å². The molecule has 1 aromatic heterocycles. The van der Waals surface area contributed by atoms with Crippen molar-refractivity contribution in [2.45, 2.75) is 32.7 Å². The molecule has 1 amide bonds. The molecule has 3 aromatic carbocycles. The third-order valence-electron chi connectivity index (χ3n) is 7.36. The van der Waals surface area contributed by atoms with E-state index in [1.807, 2.05) is 24.3 Å². The van der Waals surface area contributed by atoms with Crippen molar-refractivity contribution in [1.82, 2.24) is 14.5 Å². The zero-order chi connectivity index (χ0) is 23.9. The summed E-state index contributed by atoms with van der Waals surface area (Å²) >= 11 is 0. The number of benzene rings is 3. The molecule has 2 fully saturated rings. The fourth-order valence-corrected chi connectivity index (χ4v) is 5.22. The Kier molecular flexibility index (Phi) is 5.37. The Hall–Kier alpha value is -3.91. The highest BCUT2D eigenvalue weighted by molar-refractivity contribution is 5.82. The van der Waals surface area contributed by atoms with E-state index in [0.29, 0.717) is 17.4 Å². The normalized spacial score (nSPS) is 17.6. The van der Waals surface area contributed by atoms with E-state index in [1.54, 1.807) is 0 Å². The van der Waals surface area contributed by atoms with E-state index < -0.39 is 0 Å². The Morgan fingerprint density at radius 1 is 0.971 bits per heavy atom. The number of carbonyl (C=O) groups is 1. The highest BCUT2D eigenvalue weighted by Crippen LogP contribution is 2.34. The molecule has 2 aliphatic rings. The Bertz CT molecular complexity index is 1440. The highest BCUT2D eigenvalue weighted by Gasteiger charge is 2.36. The molecular weight excluding hydrogens is 432 g/mol. The summed E-state index contributed by atoms with van der Waals surface area (Å²) in [4.78, 5) is 19.7. The molecule has 0 bridgehead atoms. The van der Waals surface area contributed by atoms with Gasteiger partial charge in [-0.3, -0.25) is 4.79 Å². The van der Waals surface area contributed by atoms with Crippen LogP contribution in [0.1, 0.15) is 30.4 Å². The predicted octanol–water partition coefficient (Wildman–Crippen LogP) is 5.81. The minimum absolute atomic E-state index is 0.288. The molecule has 0 radical (unpaired) electrons. The quantitative estimate of drug-likeness (QED) is 0.378. The molecule has 6 rings (SSSR count). The summed E-state index contributed by atoms with van der Waals surface area (Å²) in [6.07, 6.45) is 3.17. The predicted molar refractivity (Wildman–Crippen MR) is 137 cm³/mol. The van der Waals surface area contributed by atoms with E-state index in [-0.39, 0.29) is 5.92 Å². The van der Waals surface area contributed by atoms with Crippen molar-refractivity contribution in [2.24, 2.45) is 11.8 Å². The number of imidazole rings is 1. The van der Waals surface area contributed by atoms with E-state index in [0.717, 1.165) is 72.4 Å². The van der Waals surface area contributed by atoms with Crippen LogP contribution in [0.2, 0.25) is 0 Å². The molecule has 1 saturated carbocycles. The van der Waals surface area contributed by atoms with Gasteiger partial charge >= 0.3 is 0 Å². The molecule has 2 heterocycles. The summed E-state index contributed by atoms with van der Waals surface area (Å²) in [6.45, 7) is 4.68. The third kappa shape index (κ3) is 4.21. The second-order valence-corrected chi connectivity index (χ2v) is 10.0. The van der Waals surface area contributed by atoms with Gasteiger partial charge in [-0.2, -0.15) is 5.26 Å². The molecule has 174 valence electrons. The first-order chi connectivity index (χ1) is 17.1. The number of aromatic nitrogens is 2. The van der Waals surface area contributed by atoms with Crippen LogP contribution in [0.15, 0.2) is 66.7 Å². The van der Waals surface area contributed by atoms with E-state index in [1.165, 1.54) is 5.56 Å². The van der Waals surface area contributed by atoms with Gasteiger partial charge in [-0.15, -0.1) is 0 Å². The number of likely N-dealkylation sites (tertiary alicyclic amines) is 1. The monoisotopic (exact) mass is 460 g/mol. The molecule has 1 atom stereocenters. The molecule has 5 nitrogen and oxygen atoms in total. The molecular formula is C30H28N4O. The Morgan fingerprint density at radius 2 is 1.66 bits per heavy atom. The van der Waals surface area contributed by atoms with Crippen LogP contribution >= 0.6 is 0 Å². The third-order valence-corrected chi connectivity index (χ3v) is 7.36. The topological polar surface area (TPSA) is 61.9 Å². The lowest BCUT2D eigenvalue weighted by atomic mass is 10.0. The molecule has 0 N–H and O–H groups in total. The van der Waals surface area contributed by atoms with E-state index >= 15 is 0 Å². The molecule has 35 heavy (non-hydrogen) atoms. The maximum atomic E-state index is 12.6. The number of rotatable bonds is 5. The molecule has 1 aliphatic heterocycles. The van der Waals surface area contributed by atoms with Gasteiger partial charge in [0.1, 0.15) is 5.82 Å². The van der Waals surface area contributed by atoms with Crippen molar-refractivity contribution in [3.63, 3.8) is 0 Å². The molecule has 1 saturated heterocycles. The van der Waals surface area contributed by atoms with Crippen molar-refractivity contribution < 1.29 is 4.79 Å². The van der Waals surface area contributed by atoms with Gasteiger partial charge in [0.05, 0.1) is 22.7 Å². The van der Waals surface area contributed by atoms with Crippen LogP contribution in [-0.2, 0) is 11.3 Å². The standard InChI is InChI=1S/C30H28N4O/c1-20-2-13-28-27(16-20)32-29(34(28)19-22-14-15-33(18-22)30(35)26-11-12-26)25-9-7-24(8-10-25)23-5-3-21(17-31)4-6-23/h2-10,13,16,22,26H,11-12,14-15,18-19H2,1H3/t22-/m1/s1. The van der Waals surface area contributed by atoms with Gasteiger partial charge in [-0.25, -0.2) is 4.98 Å². The van der Waals surface area contributed by atoms with Crippen molar-refractivity contribution in [2.75, 3.05) is 13.1 Å². The SMILES string of the molecule is Cc1ccc2c(c1)nc(-c1ccc(-c3ccc(C#N)cc3)cc1)n2C[C@@H]1CCN(C(=O)C2CC2)C1. The lowest BCUT2D eigenvalue weighted by Crippen LogP contribution is -2.30. The summed E-state index contributed by atoms with van der Waals surface area (Å²) in [5.41, 5.74) is 7.31. The molecule has 4 aromatic rings. The number of hydrogen-bond acceptors (Lipinski definition) is 3. The summed E-state index contributed by atoms with van der Waals surface area (Å²) < 4.78 is 2.35. The van der Waals surface area contributed by atoms with Gasteiger partial charge in [-0.05, 0) is 73.1 Å². The number of aryl methyl sites for hydroxylation is 1. The van der Waals surface area contributed by atoms with E-state index in [2.05, 4.69) is 64.9 Å². The first-order valence-corrected chi connectivity index (χ1v) is 12.5. The minimum atomic E-state index is 0.288. The van der Waals surface area contributed by atoms with Gasteiger partial charge < -0.3 is 9.47 Å². The average Bonchev–Trinajstić information content (AvgIpc) is 3.54. The first-order valence-electron chi connectivity index (χ1n) is 12.5. The van der Waals surface area contributed by atoms with Gasteiger partial charge in [-0.1, -0.05) is 42.5 Å². The molecule has 0 spiro atoms. The van der Waals surface area contributed by atoms with Crippen molar-refractivity contribution >= 4 is 16.9 Å². The van der Waals surface area contributed by atoms with Crippen LogP contribution < -0.4 is 0 Å². The fourth-order valence-electron chi connectivity index (χ4n) is 5.22. The van der Waals surface area contributed by atoms with Crippen LogP contribution in [0.5, 0.6) is 0 Å². The van der Waals surface area contributed by atoms with Gasteiger partial charge in [0, 0.05) is 31.1 Å². The molecule has 0 unspecified atom stereocenters. The maximum absolute atomic E-state index is 12.6. The van der Waals surface area contributed by atoms with Crippen LogP contribution in [0.25, 0.3) is 33.5 Å². The zero-order valence-corrected chi connectivity index (χ0v) is 19.9. The van der Waals surface area contributed by atoms with Crippen LogP contribution in [-0.4, -0.2) is 33.4 Å². The smallest absolute Gasteiger partial charge is 0.225 e. The highest BCUT2D eigenvalue weighted by atomic mass is 16.2. The minimum Gasteiger partial charge on any atom is -0.342 e. The van der Waals surface area contributed by atoms with Crippen LogP contribution in [0.3, 0.4) is 0 Å². The number of nitrogens with zero attached hydrogens (tertiary/aromatic N) is 4. The van der Waals surface area contributed by atoms with Crippen LogP contribution in [0, 0.1) is 30.1 Å². The second kappa shape index (κ2) is 8.70. The number of carbonyl (C=O) groups excluding carboxylic acids is 1. The lowest BCUT2D eigenvalue weighted by molar-refractivity contribution is -0.131. The van der Waals surface area contributed by atoms with Crippen molar-refractivity contribution in [1.29, 1.82) is 5.26 Å². The first kappa shape index (κ1) is 21.6. The zero-order valence-electron chi connectivity index (χ0n) is 19.9. The van der Waals surface area contributed by atoms with E-state index in [9.17, 15) is 4.79 Å². The van der Waals surface area contributed by atoms with Gasteiger partial charge in [0.2, 0.25) is 5.91 Å². The fraction of sp³-hybridized carbons (Fsp3) is 0.300. The van der Waals surface area contributed by atoms with Crippen molar-refractivity contribution in [3.8, 4) is 28.6 Å². The summed E-state index contributed by atoms with van der Waals surface area (Å²) in [5.74, 6) is 2.06. The average molecular weight is 461 g/mol. The molecule has 1 aliphatic carbocycles. The number of hydrogen-bond donors (Lipinski definition) is 0. The molecule has 5 heteroatoms. The van der Waals surface area contributed by atoms with E-state index in [4.69, 9.17) is 10.2 Å². The summed E-state index contributed by atoms with van der Waals surface area (Å²) in [6, 6.07) is 24.8. The maximum Gasteiger partial charge on any atom is 0.225 e. The summed E-state index contributed by atoms with van der Waals surface area (Å²) in [5, 5.41) is 9.06. The number of amides is 1. The Morgan fingerprint density at radius 3 is 2.34 bits per heavy atom. The van der Waals surface area contributed by atoms with Crippen molar-refractivity contribution in [3.05, 3.63) is 77.9 Å². The number of fused-ring (bicyclic) bond motifs is 1. The Balaban J connectivity index is 1.31.